The van der Waals surface area contributed by atoms with Gasteiger partial charge in [-0.1, -0.05) is 18.2 Å². The number of hydrogen-bond acceptors (Lipinski definition) is 4. The van der Waals surface area contributed by atoms with Crippen molar-refractivity contribution in [3.8, 4) is 0 Å². The highest BCUT2D eigenvalue weighted by molar-refractivity contribution is 5.91. The quantitative estimate of drug-likeness (QED) is 0.837. The van der Waals surface area contributed by atoms with E-state index in [0.717, 1.165) is 5.56 Å². The average molecular weight is 272 g/mol. The van der Waals surface area contributed by atoms with Crippen molar-refractivity contribution in [3.05, 3.63) is 35.4 Å². The summed E-state index contributed by atoms with van der Waals surface area (Å²) >= 11 is 0. The van der Waals surface area contributed by atoms with Crippen LogP contribution in [-0.2, 0) is 9.47 Å². The maximum Gasteiger partial charge on any atom is 0.407 e. The molecule has 1 saturated heterocycles. The molecule has 98 valence electrons. The van der Waals surface area contributed by atoms with Crippen LogP contribution in [-0.4, -0.2) is 25.8 Å². The SMILES string of the molecule is COC(=O)c1ccccc1[C@H]1CCOC(=O)N1.Cl. The van der Waals surface area contributed by atoms with E-state index in [0.29, 0.717) is 18.6 Å². The minimum Gasteiger partial charge on any atom is -0.465 e. The fraction of sp³-hybridized carbons (Fsp3) is 0.333. The number of halogens is 1. The van der Waals surface area contributed by atoms with Crippen LogP contribution in [0.1, 0.15) is 28.4 Å². The van der Waals surface area contributed by atoms with Crippen LogP contribution in [0, 0.1) is 0 Å². The molecule has 6 heteroatoms. The predicted molar refractivity (Wildman–Crippen MR) is 66.9 cm³/mol. The molecule has 0 radical (unpaired) electrons. The van der Waals surface area contributed by atoms with Crippen LogP contribution in [0.5, 0.6) is 0 Å². The number of nitrogens with one attached hydrogen (secondary N) is 1. The van der Waals surface area contributed by atoms with Gasteiger partial charge in [-0.05, 0) is 11.6 Å². The van der Waals surface area contributed by atoms with Gasteiger partial charge in [-0.2, -0.15) is 0 Å². The number of alkyl carbamates (subject to hydrolysis) is 1. The van der Waals surface area contributed by atoms with Gasteiger partial charge in [-0.15, -0.1) is 12.4 Å². The average Bonchev–Trinajstić information content (AvgIpc) is 2.38. The lowest BCUT2D eigenvalue weighted by atomic mass is 9.98. The first-order valence-corrected chi connectivity index (χ1v) is 5.33. The van der Waals surface area contributed by atoms with E-state index in [1.54, 1.807) is 12.1 Å². The van der Waals surface area contributed by atoms with Gasteiger partial charge in [0.2, 0.25) is 0 Å². The summed E-state index contributed by atoms with van der Waals surface area (Å²) in [6, 6.07) is 6.87. The summed E-state index contributed by atoms with van der Waals surface area (Å²) in [5.41, 5.74) is 1.23. The zero-order valence-corrected chi connectivity index (χ0v) is 10.7. The fourth-order valence-corrected chi connectivity index (χ4v) is 1.86. The molecule has 1 aromatic rings. The van der Waals surface area contributed by atoms with E-state index in [1.807, 2.05) is 12.1 Å². The zero-order valence-electron chi connectivity index (χ0n) is 9.84. The first-order chi connectivity index (χ1) is 8.22. The van der Waals surface area contributed by atoms with Crippen molar-refractivity contribution >= 4 is 24.5 Å². The minimum atomic E-state index is -0.457. The van der Waals surface area contributed by atoms with Gasteiger partial charge >= 0.3 is 12.1 Å². The smallest absolute Gasteiger partial charge is 0.407 e. The minimum absolute atomic E-state index is 0. The molecular weight excluding hydrogens is 258 g/mol. The predicted octanol–water partition coefficient (Wildman–Crippen LogP) is 2.07. The maximum absolute atomic E-state index is 11.6. The molecule has 0 saturated carbocycles. The number of esters is 1. The largest absolute Gasteiger partial charge is 0.465 e. The van der Waals surface area contributed by atoms with E-state index < -0.39 is 12.1 Å². The van der Waals surface area contributed by atoms with Crippen LogP contribution in [0.25, 0.3) is 0 Å². The second-order valence-electron chi connectivity index (χ2n) is 3.70. The Bertz CT molecular complexity index is 449. The summed E-state index contributed by atoms with van der Waals surface area (Å²) in [6.07, 6.45) is 0.181. The monoisotopic (exact) mass is 271 g/mol. The molecule has 1 aromatic carbocycles. The lowest BCUT2D eigenvalue weighted by Gasteiger charge is -2.24. The topological polar surface area (TPSA) is 64.6 Å². The molecule has 0 aliphatic carbocycles. The number of hydrogen-bond donors (Lipinski definition) is 1. The van der Waals surface area contributed by atoms with Gasteiger partial charge in [0, 0.05) is 6.42 Å². The molecular formula is C12H14ClNO4. The first-order valence-electron chi connectivity index (χ1n) is 5.33. The highest BCUT2D eigenvalue weighted by Gasteiger charge is 2.24. The van der Waals surface area contributed by atoms with Gasteiger partial charge in [0.15, 0.2) is 0 Å². The summed E-state index contributed by atoms with van der Waals surface area (Å²) in [5.74, 6) is -0.402. The normalized spacial score (nSPS) is 18.1. The molecule has 18 heavy (non-hydrogen) atoms. The Hall–Kier alpha value is -1.75. The third kappa shape index (κ3) is 2.92. The molecule has 1 amide bonds. The molecule has 1 aliphatic rings. The van der Waals surface area contributed by atoms with Gasteiger partial charge < -0.3 is 14.8 Å². The lowest BCUT2D eigenvalue weighted by molar-refractivity contribution is 0.0596. The zero-order chi connectivity index (χ0) is 12.3. The second kappa shape index (κ2) is 6.26. The number of methoxy groups -OCH3 is 1. The molecule has 5 nitrogen and oxygen atoms in total. The van der Waals surface area contributed by atoms with Crippen molar-refractivity contribution in [2.75, 3.05) is 13.7 Å². The van der Waals surface area contributed by atoms with Crippen LogP contribution in [0.4, 0.5) is 4.79 Å². The maximum atomic E-state index is 11.6. The molecule has 0 aromatic heterocycles. The van der Waals surface area contributed by atoms with Crippen LogP contribution >= 0.6 is 12.4 Å². The van der Waals surface area contributed by atoms with Gasteiger partial charge in [-0.25, -0.2) is 9.59 Å². The van der Waals surface area contributed by atoms with Crippen molar-refractivity contribution in [1.82, 2.24) is 5.32 Å². The van der Waals surface area contributed by atoms with Crippen LogP contribution in [0.15, 0.2) is 24.3 Å². The number of rotatable bonds is 2. The van der Waals surface area contributed by atoms with Crippen molar-refractivity contribution < 1.29 is 19.1 Å². The lowest BCUT2D eigenvalue weighted by Crippen LogP contribution is -2.36. The van der Waals surface area contributed by atoms with Crippen molar-refractivity contribution in [3.63, 3.8) is 0 Å². The highest BCUT2D eigenvalue weighted by atomic mass is 35.5. The molecule has 1 heterocycles. The summed E-state index contributed by atoms with van der Waals surface area (Å²) in [5, 5.41) is 2.68. The number of cyclic esters (lactones) is 1. The Morgan fingerprint density at radius 3 is 2.83 bits per heavy atom. The van der Waals surface area contributed by atoms with E-state index >= 15 is 0 Å². The number of amides is 1. The third-order valence-corrected chi connectivity index (χ3v) is 2.67. The number of carbonyl (C=O) groups excluding carboxylic acids is 2. The Morgan fingerprint density at radius 1 is 1.44 bits per heavy atom. The van der Waals surface area contributed by atoms with E-state index in [1.165, 1.54) is 7.11 Å². The molecule has 1 fully saturated rings. The molecule has 1 aliphatic heterocycles. The number of carbonyl (C=O) groups is 2. The molecule has 1 atom stereocenters. The Labute approximate surface area is 111 Å². The Kier molecular flexibility index (Phi) is 4.97. The Balaban J connectivity index is 0.00000162. The van der Waals surface area contributed by atoms with Crippen LogP contribution < -0.4 is 5.32 Å². The van der Waals surface area contributed by atoms with Crippen LogP contribution in [0.2, 0.25) is 0 Å². The van der Waals surface area contributed by atoms with Crippen LogP contribution in [0.3, 0.4) is 0 Å². The second-order valence-corrected chi connectivity index (χ2v) is 3.70. The molecule has 0 bridgehead atoms. The summed E-state index contributed by atoms with van der Waals surface area (Å²) in [4.78, 5) is 22.7. The van der Waals surface area contributed by atoms with Crippen molar-refractivity contribution in [2.24, 2.45) is 0 Å². The number of ether oxygens (including phenoxy) is 2. The molecule has 0 unspecified atom stereocenters. The molecule has 1 N–H and O–H groups in total. The number of benzene rings is 1. The van der Waals surface area contributed by atoms with Crippen molar-refractivity contribution in [1.29, 1.82) is 0 Å². The summed E-state index contributed by atoms with van der Waals surface area (Å²) in [6.45, 7) is 0.353. The van der Waals surface area contributed by atoms with Crippen molar-refractivity contribution in [2.45, 2.75) is 12.5 Å². The highest BCUT2D eigenvalue weighted by Crippen LogP contribution is 2.24. The van der Waals surface area contributed by atoms with E-state index in [-0.39, 0.29) is 18.4 Å². The summed E-state index contributed by atoms with van der Waals surface area (Å²) < 4.78 is 9.50. The van der Waals surface area contributed by atoms with Gasteiger partial charge in [0.1, 0.15) is 0 Å². The van der Waals surface area contributed by atoms with Gasteiger partial charge in [-0.3, -0.25) is 0 Å². The molecule has 2 rings (SSSR count). The van der Waals surface area contributed by atoms with E-state index in [2.05, 4.69) is 5.32 Å². The van der Waals surface area contributed by atoms with Gasteiger partial charge in [0.25, 0.3) is 0 Å². The summed E-state index contributed by atoms with van der Waals surface area (Å²) in [7, 11) is 1.33. The standard InChI is InChI=1S/C12H13NO4.ClH/c1-16-11(14)9-5-3-2-4-8(9)10-6-7-17-12(15)13-10;/h2-5,10H,6-7H2,1H3,(H,13,15);1H/t10-;/m1./s1. The Morgan fingerprint density at radius 2 is 2.17 bits per heavy atom. The van der Waals surface area contributed by atoms with E-state index in [4.69, 9.17) is 9.47 Å². The first kappa shape index (κ1) is 14.3. The van der Waals surface area contributed by atoms with E-state index in [9.17, 15) is 9.59 Å². The van der Waals surface area contributed by atoms with Gasteiger partial charge in [0.05, 0.1) is 25.3 Å². The third-order valence-electron chi connectivity index (χ3n) is 2.67. The molecule has 0 spiro atoms. The fourth-order valence-electron chi connectivity index (χ4n) is 1.86.